The van der Waals surface area contributed by atoms with Crippen LogP contribution in [0.15, 0.2) is 29.2 Å². The van der Waals surface area contributed by atoms with Gasteiger partial charge in [-0.3, -0.25) is 0 Å². The van der Waals surface area contributed by atoms with Crippen molar-refractivity contribution in [2.75, 3.05) is 13.2 Å². The summed E-state index contributed by atoms with van der Waals surface area (Å²) in [5.41, 5.74) is 0. The highest BCUT2D eigenvalue weighted by molar-refractivity contribution is 7.89. The Kier molecular flexibility index (Phi) is 4.54. The topological polar surface area (TPSA) is 57.6 Å². The van der Waals surface area contributed by atoms with Gasteiger partial charge in [-0.25, -0.2) is 12.8 Å². The van der Waals surface area contributed by atoms with Gasteiger partial charge in [0.15, 0.2) is 0 Å². The van der Waals surface area contributed by atoms with Crippen molar-refractivity contribution in [1.29, 1.82) is 0 Å². The molecule has 1 aliphatic rings. The fourth-order valence-electron chi connectivity index (χ4n) is 2.43. The van der Waals surface area contributed by atoms with E-state index in [2.05, 4.69) is 0 Å². The summed E-state index contributed by atoms with van der Waals surface area (Å²) in [6.07, 6.45) is 3.17. The molecule has 0 aliphatic carbocycles. The first-order valence-corrected chi connectivity index (χ1v) is 7.88. The molecule has 0 amide bonds. The molecule has 1 saturated heterocycles. The molecule has 1 aromatic carbocycles. The smallest absolute Gasteiger partial charge is 0.246 e. The monoisotopic (exact) mass is 287 g/mol. The number of aliphatic hydroxyl groups excluding tert-OH is 1. The number of halogens is 1. The Balaban J connectivity index is 2.39. The number of benzene rings is 1. The van der Waals surface area contributed by atoms with Crippen molar-refractivity contribution in [2.24, 2.45) is 0 Å². The zero-order valence-electron chi connectivity index (χ0n) is 10.6. The first-order chi connectivity index (χ1) is 9.07. The van der Waals surface area contributed by atoms with Crippen molar-refractivity contribution in [3.63, 3.8) is 0 Å². The van der Waals surface area contributed by atoms with E-state index in [9.17, 15) is 17.9 Å². The van der Waals surface area contributed by atoms with E-state index >= 15 is 0 Å². The van der Waals surface area contributed by atoms with Crippen molar-refractivity contribution in [2.45, 2.75) is 36.6 Å². The zero-order chi connectivity index (χ0) is 13.9. The van der Waals surface area contributed by atoms with Crippen molar-refractivity contribution < 1.29 is 17.9 Å². The summed E-state index contributed by atoms with van der Waals surface area (Å²) < 4.78 is 40.0. The molecule has 0 radical (unpaired) electrons. The van der Waals surface area contributed by atoms with Crippen molar-refractivity contribution in [3.05, 3.63) is 30.1 Å². The van der Waals surface area contributed by atoms with Crippen LogP contribution < -0.4 is 0 Å². The molecular formula is C13H18FNO3S. The lowest BCUT2D eigenvalue weighted by Crippen LogP contribution is -2.42. The quantitative estimate of drug-likeness (QED) is 0.921. The average molecular weight is 287 g/mol. The number of rotatable bonds is 3. The van der Waals surface area contributed by atoms with Crippen molar-refractivity contribution >= 4 is 10.0 Å². The van der Waals surface area contributed by atoms with E-state index in [1.165, 1.54) is 22.5 Å². The van der Waals surface area contributed by atoms with E-state index in [4.69, 9.17) is 0 Å². The molecule has 0 bridgehead atoms. The molecule has 1 aliphatic heterocycles. The summed E-state index contributed by atoms with van der Waals surface area (Å²) in [6.45, 7) is 0.107. The van der Waals surface area contributed by atoms with Gasteiger partial charge in [-0.2, -0.15) is 4.31 Å². The van der Waals surface area contributed by atoms with Gasteiger partial charge < -0.3 is 5.11 Å². The maximum absolute atomic E-state index is 13.7. The molecule has 0 spiro atoms. The van der Waals surface area contributed by atoms with Gasteiger partial charge in [0.1, 0.15) is 10.7 Å². The van der Waals surface area contributed by atoms with Crippen LogP contribution in [0.3, 0.4) is 0 Å². The predicted octanol–water partition coefficient (Wildman–Crippen LogP) is 1.75. The lowest BCUT2D eigenvalue weighted by Gasteiger charge is -2.27. The van der Waals surface area contributed by atoms with E-state index < -0.39 is 21.9 Å². The predicted molar refractivity (Wildman–Crippen MR) is 69.6 cm³/mol. The SMILES string of the molecule is O=S(=O)(c1ccccc1F)N1CCCCCC1CO. The zero-order valence-corrected chi connectivity index (χ0v) is 11.4. The van der Waals surface area contributed by atoms with E-state index in [0.29, 0.717) is 13.0 Å². The number of nitrogens with zero attached hydrogens (tertiary/aromatic N) is 1. The van der Waals surface area contributed by atoms with E-state index in [1.54, 1.807) is 0 Å². The van der Waals surface area contributed by atoms with Gasteiger partial charge in [0.25, 0.3) is 0 Å². The summed E-state index contributed by atoms with van der Waals surface area (Å²) >= 11 is 0. The van der Waals surface area contributed by atoms with Gasteiger partial charge >= 0.3 is 0 Å². The highest BCUT2D eigenvalue weighted by atomic mass is 32.2. The summed E-state index contributed by atoms with van der Waals surface area (Å²) in [5.74, 6) is -0.747. The van der Waals surface area contributed by atoms with Gasteiger partial charge in [0.05, 0.1) is 6.61 Å². The molecule has 6 heteroatoms. The first kappa shape index (κ1) is 14.4. The third-order valence-corrected chi connectivity index (χ3v) is 5.44. The average Bonchev–Trinajstić information content (AvgIpc) is 2.64. The number of hydrogen-bond acceptors (Lipinski definition) is 3. The fraction of sp³-hybridized carbons (Fsp3) is 0.538. The van der Waals surface area contributed by atoms with Crippen LogP contribution in [-0.4, -0.2) is 37.0 Å². The molecule has 1 unspecified atom stereocenters. The summed E-state index contributed by atoms with van der Waals surface area (Å²) in [5, 5.41) is 9.37. The van der Waals surface area contributed by atoms with Crippen LogP contribution in [0.4, 0.5) is 4.39 Å². The van der Waals surface area contributed by atoms with Crippen LogP contribution in [-0.2, 0) is 10.0 Å². The molecule has 4 nitrogen and oxygen atoms in total. The molecule has 1 N–H and O–H groups in total. The maximum atomic E-state index is 13.7. The molecule has 2 rings (SSSR count). The molecule has 1 atom stereocenters. The van der Waals surface area contributed by atoms with Gasteiger partial charge in [-0.1, -0.05) is 25.0 Å². The summed E-state index contributed by atoms with van der Waals surface area (Å²) in [7, 11) is -3.88. The second-order valence-corrected chi connectivity index (χ2v) is 6.59. The molecule has 0 aromatic heterocycles. The lowest BCUT2D eigenvalue weighted by atomic mass is 10.1. The van der Waals surface area contributed by atoms with Gasteiger partial charge in [-0.05, 0) is 25.0 Å². The third kappa shape index (κ3) is 2.96. The minimum Gasteiger partial charge on any atom is -0.395 e. The lowest BCUT2D eigenvalue weighted by molar-refractivity contribution is 0.186. The summed E-state index contributed by atoms with van der Waals surface area (Å²) in [6, 6.07) is 4.91. The highest BCUT2D eigenvalue weighted by Crippen LogP contribution is 2.25. The molecule has 1 heterocycles. The van der Waals surface area contributed by atoms with Crippen LogP contribution >= 0.6 is 0 Å². The Hall–Kier alpha value is -0.980. The third-order valence-electron chi connectivity index (χ3n) is 3.46. The molecule has 19 heavy (non-hydrogen) atoms. The van der Waals surface area contributed by atoms with Crippen LogP contribution in [0.2, 0.25) is 0 Å². The van der Waals surface area contributed by atoms with E-state index in [0.717, 1.165) is 25.3 Å². The van der Waals surface area contributed by atoms with Crippen LogP contribution in [0.25, 0.3) is 0 Å². The van der Waals surface area contributed by atoms with Crippen molar-refractivity contribution in [3.8, 4) is 0 Å². The second kappa shape index (κ2) is 5.98. The standard InChI is InChI=1S/C13H18FNO3S/c14-12-7-3-4-8-13(12)19(17,18)15-9-5-1-2-6-11(15)10-16/h3-4,7-8,11,16H,1-2,5-6,9-10H2. The second-order valence-electron chi connectivity index (χ2n) is 4.73. The first-order valence-electron chi connectivity index (χ1n) is 6.44. The Morgan fingerprint density at radius 1 is 1.26 bits per heavy atom. The number of sulfonamides is 1. The Morgan fingerprint density at radius 2 is 2.00 bits per heavy atom. The normalized spacial score (nSPS) is 22.1. The fourth-order valence-corrected chi connectivity index (χ4v) is 4.18. The largest absolute Gasteiger partial charge is 0.395 e. The minimum atomic E-state index is -3.88. The van der Waals surface area contributed by atoms with Gasteiger partial charge in [0, 0.05) is 12.6 Å². The van der Waals surface area contributed by atoms with Gasteiger partial charge in [0.2, 0.25) is 10.0 Å². The van der Waals surface area contributed by atoms with E-state index in [-0.39, 0.29) is 11.5 Å². The van der Waals surface area contributed by atoms with Crippen LogP contribution in [0.1, 0.15) is 25.7 Å². The Labute approximate surface area is 112 Å². The Bertz CT molecular complexity index is 532. The van der Waals surface area contributed by atoms with Gasteiger partial charge in [-0.15, -0.1) is 0 Å². The molecule has 0 saturated carbocycles. The Morgan fingerprint density at radius 3 is 2.68 bits per heavy atom. The maximum Gasteiger partial charge on any atom is 0.246 e. The number of aliphatic hydroxyl groups is 1. The molecule has 1 aromatic rings. The van der Waals surface area contributed by atoms with Crippen molar-refractivity contribution in [1.82, 2.24) is 4.31 Å². The highest BCUT2D eigenvalue weighted by Gasteiger charge is 2.33. The number of hydrogen-bond donors (Lipinski definition) is 1. The summed E-state index contributed by atoms with van der Waals surface area (Å²) in [4.78, 5) is -0.310. The van der Waals surface area contributed by atoms with Crippen LogP contribution in [0, 0.1) is 5.82 Å². The van der Waals surface area contributed by atoms with Crippen LogP contribution in [0.5, 0.6) is 0 Å². The van der Waals surface area contributed by atoms with E-state index in [1.807, 2.05) is 0 Å². The molecule has 1 fully saturated rings. The molecular weight excluding hydrogens is 269 g/mol. The molecule has 106 valence electrons. The minimum absolute atomic E-state index is 0.228.